The monoisotopic (exact) mass is 164 g/mol. The highest BCUT2D eigenvalue weighted by molar-refractivity contribution is 6.88. The van der Waals surface area contributed by atoms with Crippen molar-refractivity contribution in [1.29, 1.82) is 0 Å². The van der Waals surface area contributed by atoms with Crippen LogP contribution in [0.1, 0.15) is 0 Å². The summed E-state index contributed by atoms with van der Waals surface area (Å²) < 4.78 is 0. The van der Waals surface area contributed by atoms with Gasteiger partial charge >= 0.3 is 0 Å². The zero-order valence-electron chi connectivity index (χ0n) is 6.60. The van der Waals surface area contributed by atoms with Gasteiger partial charge in [0.25, 0.3) is 0 Å². The fraction of sp³-hybridized carbons (Fsp3) is 1.00. The Bertz CT molecular complexity index is 78.1. The molecule has 0 fully saturated rings. The lowest BCUT2D eigenvalue weighted by atomic mass is 11.8. The molecular formula is C5H16O2Si2. The van der Waals surface area contributed by atoms with Gasteiger partial charge in [0.2, 0.25) is 0 Å². The van der Waals surface area contributed by atoms with E-state index in [0.717, 1.165) is 0 Å². The van der Waals surface area contributed by atoms with Gasteiger partial charge in [-0.2, -0.15) is 0 Å². The van der Waals surface area contributed by atoms with Gasteiger partial charge in [-0.15, -0.1) is 0 Å². The lowest BCUT2D eigenvalue weighted by Crippen LogP contribution is -2.39. The molecule has 2 nitrogen and oxygen atoms in total. The molecule has 0 unspecified atom stereocenters. The molecule has 0 rings (SSSR count). The van der Waals surface area contributed by atoms with Crippen molar-refractivity contribution in [1.82, 2.24) is 0 Å². The molecule has 0 aliphatic heterocycles. The smallest absolute Gasteiger partial charge is 0.182 e. The molecule has 0 bridgehead atoms. The standard InChI is InChI=1S/C5H16O2Si2/c1-8(2,6)5-9(3,4)7/h6-7H,5H2,1-4H3. The summed E-state index contributed by atoms with van der Waals surface area (Å²) >= 11 is 0. The predicted octanol–water partition coefficient (Wildman–Crippen LogP) is 0.920. The Morgan fingerprint density at radius 3 is 1.11 bits per heavy atom. The Balaban J connectivity index is 3.75. The van der Waals surface area contributed by atoms with Gasteiger partial charge in [0.05, 0.1) is 0 Å². The summed E-state index contributed by atoms with van der Waals surface area (Å²) in [7, 11) is -3.96. The molecular weight excluding hydrogens is 148 g/mol. The van der Waals surface area contributed by atoms with Gasteiger partial charge in [-0.05, 0) is 31.9 Å². The molecule has 0 atom stereocenters. The van der Waals surface area contributed by atoms with Gasteiger partial charge in [-0.3, -0.25) is 0 Å². The summed E-state index contributed by atoms with van der Waals surface area (Å²) in [5, 5.41) is 0. The minimum Gasteiger partial charge on any atom is -0.432 e. The summed E-state index contributed by atoms with van der Waals surface area (Å²) in [6.07, 6.45) is 0. The first-order valence-corrected chi connectivity index (χ1v) is 9.46. The van der Waals surface area contributed by atoms with Gasteiger partial charge in [0.15, 0.2) is 16.6 Å². The molecule has 0 saturated carbocycles. The molecule has 0 saturated heterocycles. The normalized spacial score (nSPS) is 14.0. The third-order valence-electron chi connectivity index (χ3n) is 0.865. The fourth-order valence-electron chi connectivity index (χ4n) is 1.06. The second-order valence-corrected chi connectivity index (χ2v) is 12.5. The zero-order valence-corrected chi connectivity index (χ0v) is 8.60. The van der Waals surface area contributed by atoms with Crippen LogP contribution in [0, 0.1) is 0 Å². The topological polar surface area (TPSA) is 40.5 Å². The molecule has 9 heavy (non-hydrogen) atoms. The Morgan fingerprint density at radius 2 is 1.11 bits per heavy atom. The lowest BCUT2D eigenvalue weighted by Gasteiger charge is -2.21. The van der Waals surface area contributed by atoms with Crippen LogP contribution < -0.4 is 0 Å². The van der Waals surface area contributed by atoms with Crippen molar-refractivity contribution >= 4 is 16.6 Å². The fourth-order valence-corrected chi connectivity index (χ4v) is 9.53. The second-order valence-electron chi connectivity index (χ2n) is 3.80. The van der Waals surface area contributed by atoms with Gasteiger partial charge in [-0.1, -0.05) is 0 Å². The molecule has 0 aliphatic rings. The first kappa shape index (κ1) is 9.35. The van der Waals surface area contributed by atoms with E-state index < -0.39 is 16.6 Å². The minimum atomic E-state index is -1.98. The highest BCUT2D eigenvalue weighted by Gasteiger charge is 2.29. The van der Waals surface area contributed by atoms with Crippen molar-refractivity contribution in [3.63, 3.8) is 0 Å². The van der Waals surface area contributed by atoms with Crippen LogP contribution in [-0.2, 0) is 0 Å². The number of hydrogen-bond acceptors (Lipinski definition) is 2. The van der Waals surface area contributed by atoms with Crippen LogP contribution in [0.3, 0.4) is 0 Å². The SMILES string of the molecule is C[Si](C)(O)C[Si](C)(C)O. The van der Waals surface area contributed by atoms with E-state index in [1.54, 1.807) is 0 Å². The van der Waals surface area contributed by atoms with E-state index in [9.17, 15) is 9.59 Å². The third kappa shape index (κ3) is 8.35. The van der Waals surface area contributed by atoms with Gasteiger partial charge in [0, 0.05) is 0 Å². The number of hydrogen-bond donors (Lipinski definition) is 2. The van der Waals surface area contributed by atoms with Crippen molar-refractivity contribution < 1.29 is 9.59 Å². The van der Waals surface area contributed by atoms with E-state index in [-0.39, 0.29) is 0 Å². The molecule has 4 heteroatoms. The van der Waals surface area contributed by atoms with E-state index >= 15 is 0 Å². The maximum atomic E-state index is 9.37. The lowest BCUT2D eigenvalue weighted by molar-refractivity contribution is 0.530. The maximum absolute atomic E-state index is 9.37. The van der Waals surface area contributed by atoms with E-state index in [0.29, 0.717) is 5.67 Å². The Morgan fingerprint density at radius 1 is 0.889 bits per heavy atom. The van der Waals surface area contributed by atoms with Crippen LogP contribution >= 0.6 is 0 Å². The molecule has 0 amide bonds. The molecule has 0 aromatic heterocycles. The van der Waals surface area contributed by atoms with Gasteiger partial charge in [0.1, 0.15) is 0 Å². The van der Waals surface area contributed by atoms with Crippen molar-refractivity contribution in [2.45, 2.75) is 31.9 Å². The van der Waals surface area contributed by atoms with Gasteiger partial charge in [-0.25, -0.2) is 0 Å². The van der Waals surface area contributed by atoms with Crippen LogP contribution in [0.4, 0.5) is 0 Å². The highest BCUT2D eigenvalue weighted by Crippen LogP contribution is 2.13. The molecule has 56 valence electrons. The average molecular weight is 164 g/mol. The van der Waals surface area contributed by atoms with E-state index in [1.165, 1.54) is 0 Å². The summed E-state index contributed by atoms with van der Waals surface area (Å²) in [4.78, 5) is 18.7. The first-order chi connectivity index (χ1) is 3.71. The average Bonchev–Trinajstić information content (AvgIpc) is 1.14. The van der Waals surface area contributed by atoms with E-state index in [2.05, 4.69) is 0 Å². The van der Waals surface area contributed by atoms with Crippen molar-refractivity contribution in [3.05, 3.63) is 0 Å². The quantitative estimate of drug-likeness (QED) is 0.596. The number of rotatable bonds is 2. The summed E-state index contributed by atoms with van der Waals surface area (Å²) in [6, 6.07) is 0. The first-order valence-electron chi connectivity index (χ1n) is 3.15. The minimum absolute atomic E-state index is 0.681. The van der Waals surface area contributed by atoms with Crippen molar-refractivity contribution in [2.24, 2.45) is 0 Å². The van der Waals surface area contributed by atoms with Crippen molar-refractivity contribution in [2.75, 3.05) is 0 Å². The summed E-state index contributed by atoms with van der Waals surface area (Å²) in [5.74, 6) is 0. The summed E-state index contributed by atoms with van der Waals surface area (Å²) in [6.45, 7) is 7.44. The van der Waals surface area contributed by atoms with Crippen LogP contribution in [0.2, 0.25) is 31.9 Å². The molecule has 0 aromatic rings. The van der Waals surface area contributed by atoms with Crippen LogP contribution in [0.25, 0.3) is 0 Å². The third-order valence-corrected chi connectivity index (χ3v) is 7.79. The van der Waals surface area contributed by atoms with E-state index in [1.807, 2.05) is 26.2 Å². The second kappa shape index (κ2) is 2.53. The zero-order chi connectivity index (χ0) is 7.71. The molecule has 0 radical (unpaired) electrons. The Kier molecular flexibility index (Phi) is 2.63. The molecule has 2 N–H and O–H groups in total. The molecule has 0 heterocycles. The van der Waals surface area contributed by atoms with Crippen LogP contribution in [0.5, 0.6) is 0 Å². The largest absolute Gasteiger partial charge is 0.432 e. The predicted molar refractivity (Wildman–Crippen MR) is 44.2 cm³/mol. The van der Waals surface area contributed by atoms with Crippen molar-refractivity contribution in [3.8, 4) is 0 Å². The van der Waals surface area contributed by atoms with Crippen LogP contribution in [0.15, 0.2) is 0 Å². The van der Waals surface area contributed by atoms with Gasteiger partial charge < -0.3 is 9.59 Å². The Labute approximate surface area is 58.8 Å². The molecule has 0 spiro atoms. The van der Waals surface area contributed by atoms with Crippen LogP contribution in [-0.4, -0.2) is 26.2 Å². The summed E-state index contributed by atoms with van der Waals surface area (Å²) in [5.41, 5.74) is 0.681. The maximum Gasteiger partial charge on any atom is 0.182 e. The molecule has 0 aromatic carbocycles. The van der Waals surface area contributed by atoms with E-state index in [4.69, 9.17) is 0 Å². The highest BCUT2D eigenvalue weighted by atomic mass is 28.4. The molecule has 0 aliphatic carbocycles. The Hall–Kier alpha value is 0.354.